The van der Waals surface area contributed by atoms with Crippen LogP contribution in [0.5, 0.6) is 0 Å². The molecule has 7 nitrogen and oxygen atoms in total. The SMILES string of the molecule is Cc1cc2c(cc1/C=N/NC(=O)c1ccc([N+](=O)[O-])cc1)C(C)CC(C)(C)N2C. The highest BCUT2D eigenvalue weighted by Crippen LogP contribution is 2.43. The fourth-order valence-electron chi connectivity index (χ4n) is 3.83. The summed E-state index contributed by atoms with van der Waals surface area (Å²) in [6.45, 7) is 8.77. The zero-order valence-corrected chi connectivity index (χ0v) is 17.4. The molecule has 0 aromatic heterocycles. The molecule has 1 unspecified atom stereocenters. The van der Waals surface area contributed by atoms with Crippen LogP contribution in [0.3, 0.4) is 0 Å². The minimum atomic E-state index is -0.502. The lowest BCUT2D eigenvalue weighted by Crippen LogP contribution is -2.45. The van der Waals surface area contributed by atoms with Crippen LogP contribution in [0.1, 0.15) is 60.2 Å². The Morgan fingerprint density at radius 3 is 2.59 bits per heavy atom. The second kappa shape index (κ2) is 7.66. The second-order valence-corrected chi connectivity index (χ2v) is 8.25. The standard InChI is InChI=1S/C22H26N4O3/c1-14-10-20-19(15(2)12-22(3,4)25(20)5)11-17(14)13-23-24-21(27)16-6-8-18(9-7-16)26(28)29/h6-11,13,15H,12H2,1-5H3,(H,24,27)/b23-13+. The molecule has 0 saturated heterocycles. The first-order valence-electron chi connectivity index (χ1n) is 9.56. The third-order valence-corrected chi connectivity index (χ3v) is 5.73. The topological polar surface area (TPSA) is 87.8 Å². The molecule has 0 bridgehead atoms. The van der Waals surface area contributed by atoms with Gasteiger partial charge in [0, 0.05) is 36.0 Å². The number of hydrogen-bond acceptors (Lipinski definition) is 5. The molecule has 3 rings (SSSR count). The van der Waals surface area contributed by atoms with E-state index in [1.54, 1.807) is 6.21 Å². The van der Waals surface area contributed by atoms with Gasteiger partial charge in [0.05, 0.1) is 11.1 Å². The van der Waals surface area contributed by atoms with Crippen LogP contribution in [-0.2, 0) is 0 Å². The average Bonchev–Trinajstić information content (AvgIpc) is 2.66. The lowest BCUT2D eigenvalue weighted by atomic mass is 9.79. The van der Waals surface area contributed by atoms with Crippen molar-refractivity contribution in [2.24, 2.45) is 5.10 Å². The van der Waals surface area contributed by atoms with Crippen LogP contribution in [0.15, 0.2) is 41.5 Å². The number of amides is 1. The largest absolute Gasteiger partial charge is 0.369 e. The van der Waals surface area contributed by atoms with Crippen LogP contribution in [0.4, 0.5) is 11.4 Å². The summed E-state index contributed by atoms with van der Waals surface area (Å²) in [6.07, 6.45) is 2.71. The highest BCUT2D eigenvalue weighted by molar-refractivity contribution is 5.95. The molecule has 1 N–H and O–H groups in total. The van der Waals surface area contributed by atoms with E-state index >= 15 is 0 Å². The third-order valence-electron chi connectivity index (χ3n) is 5.73. The minimum Gasteiger partial charge on any atom is -0.369 e. The molecule has 2 aromatic rings. The summed E-state index contributed by atoms with van der Waals surface area (Å²) >= 11 is 0. The molecule has 1 atom stereocenters. The normalized spacial score (nSPS) is 17.8. The van der Waals surface area contributed by atoms with Gasteiger partial charge < -0.3 is 4.90 Å². The molecule has 1 aliphatic rings. The maximum absolute atomic E-state index is 12.2. The lowest BCUT2D eigenvalue weighted by molar-refractivity contribution is -0.384. The number of hydrazone groups is 1. The van der Waals surface area contributed by atoms with Crippen molar-refractivity contribution < 1.29 is 9.72 Å². The van der Waals surface area contributed by atoms with Crippen LogP contribution >= 0.6 is 0 Å². The first-order chi connectivity index (χ1) is 13.6. The zero-order valence-electron chi connectivity index (χ0n) is 17.4. The number of rotatable bonds is 4. The molecular weight excluding hydrogens is 368 g/mol. The van der Waals surface area contributed by atoms with Crippen molar-refractivity contribution >= 4 is 23.5 Å². The number of carbonyl (C=O) groups excluding carboxylic acids is 1. The van der Waals surface area contributed by atoms with Gasteiger partial charge in [0.2, 0.25) is 0 Å². The van der Waals surface area contributed by atoms with Gasteiger partial charge in [0.25, 0.3) is 11.6 Å². The smallest absolute Gasteiger partial charge is 0.271 e. The number of nitro benzene ring substituents is 1. The van der Waals surface area contributed by atoms with Gasteiger partial charge in [-0.1, -0.05) is 6.92 Å². The van der Waals surface area contributed by atoms with Gasteiger partial charge in [-0.3, -0.25) is 14.9 Å². The van der Waals surface area contributed by atoms with Crippen molar-refractivity contribution in [2.45, 2.75) is 45.6 Å². The van der Waals surface area contributed by atoms with Gasteiger partial charge in [0.15, 0.2) is 0 Å². The number of aryl methyl sites for hydroxylation is 1. The van der Waals surface area contributed by atoms with Crippen LogP contribution < -0.4 is 10.3 Å². The number of nitrogens with one attached hydrogen (secondary N) is 1. The summed E-state index contributed by atoms with van der Waals surface area (Å²) in [6, 6.07) is 9.73. The molecule has 29 heavy (non-hydrogen) atoms. The maximum atomic E-state index is 12.2. The zero-order chi connectivity index (χ0) is 21.3. The van der Waals surface area contributed by atoms with E-state index in [-0.39, 0.29) is 11.2 Å². The van der Waals surface area contributed by atoms with Crippen LogP contribution in [-0.4, -0.2) is 29.6 Å². The average molecular weight is 394 g/mol. The summed E-state index contributed by atoms with van der Waals surface area (Å²) in [5.41, 5.74) is 7.39. The van der Waals surface area contributed by atoms with E-state index in [1.165, 1.54) is 35.5 Å². The molecule has 0 radical (unpaired) electrons. The van der Waals surface area contributed by atoms with Crippen molar-refractivity contribution in [1.29, 1.82) is 0 Å². The number of non-ortho nitro benzene ring substituents is 1. The van der Waals surface area contributed by atoms with E-state index in [0.717, 1.165) is 17.5 Å². The number of nitro groups is 1. The second-order valence-electron chi connectivity index (χ2n) is 8.25. The first-order valence-corrected chi connectivity index (χ1v) is 9.56. The molecule has 1 aliphatic heterocycles. The van der Waals surface area contributed by atoms with Gasteiger partial charge in [-0.15, -0.1) is 0 Å². The fraction of sp³-hybridized carbons (Fsp3) is 0.364. The van der Waals surface area contributed by atoms with E-state index in [2.05, 4.69) is 55.4 Å². The molecule has 152 valence electrons. The maximum Gasteiger partial charge on any atom is 0.271 e. The predicted octanol–water partition coefficient (Wildman–Crippen LogP) is 4.39. The van der Waals surface area contributed by atoms with E-state index < -0.39 is 10.8 Å². The first kappa shape index (κ1) is 20.5. The molecule has 1 heterocycles. The number of hydrogen-bond donors (Lipinski definition) is 1. The number of nitrogens with zero attached hydrogens (tertiary/aromatic N) is 3. The molecular formula is C22H26N4O3. The summed E-state index contributed by atoms with van der Waals surface area (Å²) in [5, 5.41) is 14.8. The summed E-state index contributed by atoms with van der Waals surface area (Å²) in [4.78, 5) is 24.7. The quantitative estimate of drug-likeness (QED) is 0.473. The Kier molecular flexibility index (Phi) is 5.42. The Hall–Kier alpha value is -3.22. The van der Waals surface area contributed by atoms with E-state index in [9.17, 15) is 14.9 Å². The van der Waals surface area contributed by atoms with Crippen molar-refractivity contribution in [3.05, 3.63) is 68.8 Å². The fourth-order valence-corrected chi connectivity index (χ4v) is 3.83. The van der Waals surface area contributed by atoms with Crippen LogP contribution in [0, 0.1) is 17.0 Å². The van der Waals surface area contributed by atoms with Crippen molar-refractivity contribution in [1.82, 2.24) is 5.43 Å². The van der Waals surface area contributed by atoms with Crippen molar-refractivity contribution in [2.75, 3.05) is 11.9 Å². The number of anilines is 1. The summed E-state index contributed by atoms with van der Waals surface area (Å²) < 4.78 is 0. The van der Waals surface area contributed by atoms with E-state index in [4.69, 9.17) is 0 Å². The minimum absolute atomic E-state index is 0.0583. The summed E-state index contributed by atoms with van der Waals surface area (Å²) in [5.74, 6) is 0.0141. The van der Waals surface area contributed by atoms with Crippen molar-refractivity contribution in [3.8, 4) is 0 Å². The third kappa shape index (κ3) is 4.13. The molecule has 2 aromatic carbocycles. The number of carbonyl (C=O) groups is 1. The highest BCUT2D eigenvalue weighted by Gasteiger charge is 2.34. The lowest BCUT2D eigenvalue weighted by Gasteiger charge is -2.45. The van der Waals surface area contributed by atoms with Crippen molar-refractivity contribution in [3.63, 3.8) is 0 Å². The Morgan fingerprint density at radius 2 is 1.97 bits per heavy atom. The highest BCUT2D eigenvalue weighted by atomic mass is 16.6. The van der Waals surface area contributed by atoms with Gasteiger partial charge >= 0.3 is 0 Å². The molecule has 0 saturated carbocycles. The Labute approximate surface area is 170 Å². The predicted molar refractivity (Wildman–Crippen MR) is 115 cm³/mol. The Balaban J connectivity index is 1.77. The molecule has 0 fully saturated rings. The molecule has 0 spiro atoms. The summed E-state index contributed by atoms with van der Waals surface area (Å²) in [7, 11) is 2.13. The van der Waals surface area contributed by atoms with E-state index in [1.807, 2.05) is 6.92 Å². The Bertz CT molecular complexity index is 980. The van der Waals surface area contributed by atoms with Gasteiger partial charge in [-0.05, 0) is 74.1 Å². The van der Waals surface area contributed by atoms with Gasteiger partial charge in [0.1, 0.15) is 0 Å². The molecule has 1 amide bonds. The van der Waals surface area contributed by atoms with Gasteiger partial charge in [-0.25, -0.2) is 5.43 Å². The van der Waals surface area contributed by atoms with E-state index in [0.29, 0.717) is 11.5 Å². The van der Waals surface area contributed by atoms with Crippen LogP contribution in [0.25, 0.3) is 0 Å². The number of fused-ring (bicyclic) bond motifs is 1. The van der Waals surface area contributed by atoms with Gasteiger partial charge in [-0.2, -0.15) is 5.10 Å². The molecule has 0 aliphatic carbocycles. The number of benzene rings is 2. The molecule has 7 heteroatoms. The van der Waals surface area contributed by atoms with Crippen LogP contribution in [0.2, 0.25) is 0 Å². The monoisotopic (exact) mass is 394 g/mol. The Morgan fingerprint density at radius 1 is 1.31 bits per heavy atom.